The minimum Gasteiger partial charge on any atom is -0.372 e. The van der Waals surface area contributed by atoms with Gasteiger partial charge >= 0.3 is 6.18 Å². The van der Waals surface area contributed by atoms with Crippen LogP contribution in [0.25, 0.3) is 0 Å². The first-order valence-electron chi connectivity index (χ1n) is 7.13. The lowest BCUT2D eigenvalue weighted by Crippen LogP contribution is -2.39. The van der Waals surface area contributed by atoms with E-state index in [9.17, 15) is 13.2 Å². The molecule has 120 valence electrons. The van der Waals surface area contributed by atoms with Crippen LogP contribution in [0.5, 0.6) is 0 Å². The lowest BCUT2D eigenvalue weighted by Gasteiger charge is -2.33. The SMILES string of the molecule is CCC1(c2nc(CCOCC(F)(F)F)no2)CCNCC1. The maximum absolute atomic E-state index is 11.9. The Kier molecular flexibility index (Phi) is 5.21. The first-order chi connectivity index (χ1) is 9.95. The molecular weight excluding hydrogens is 287 g/mol. The third-order valence-electron chi connectivity index (χ3n) is 3.89. The fraction of sp³-hybridized carbons (Fsp3) is 0.846. The summed E-state index contributed by atoms with van der Waals surface area (Å²) in [4.78, 5) is 4.34. The number of piperidine rings is 1. The van der Waals surface area contributed by atoms with Crippen molar-refractivity contribution in [2.45, 2.75) is 44.2 Å². The summed E-state index contributed by atoms with van der Waals surface area (Å²) in [6.45, 7) is 2.57. The highest BCUT2D eigenvalue weighted by molar-refractivity contribution is 5.07. The quantitative estimate of drug-likeness (QED) is 0.817. The van der Waals surface area contributed by atoms with Crippen LogP contribution in [0.1, 0.15) is 37.9 Å². The topological polar surface area (TPSA) is 60.2 Å². The molecule has 0 bridgehead atoms. The van der Waals surface area contributed by atoms with Crippen LogP contribution in [0.4, 0.5) is 13.2 Å². The average Bonchev–Trinajstić information content (AvgIpc) is 2.93. The molecule has 8 heteroatoms. The summed E-state index contributed by atoms with van der Waals surface area (Å²) in [7, 11) is 0. The van der Waals surface area contributed by atoms with E-state index in [4.69, 9.17) is 4.52 Å². The van der Waals surface area contributed by atoms with Crippen LogP contribution in [0, 0.1) is 0 Å². The number of rotatable bonds is 6. The van der Waals surface area contributed by atoms with Crippen LogP contribution < -0.4 is 5.32 Å². The van der Waals surface area contributed by atoms with Gasteiger partial charge in [0, 0.05) is 6.42 Å². The minimum atomic E-state index is -4.30. The van der Waals surface area contributed by atoms with Gasteiger partial charge in [0.2, 0.25) is 5.89 Å². The summed E-state index contributed by atoms with van der Waals surface area (Å²) in [5.41, 5.74) is -0.108. The van der Waals surface area contributed by atoms with Crippen molar-refractivity contribution in [3.63, 3.8) is 0 Å². The van der Waals surface area contributed by atoms with Crippen molar-refractivity contribution in [1.29, 1.82) is 0 Å². The lowest BCUT2D eigenvalue weighted by atomic mass is 9.76. The fourth-order valence-electron chi connectivity index (χ4n) is 2.55. The van der Waals surface area contributed by atoms with Gasteiger partial charge in [-0.15, -0.1) is 0 Å². The van der Waals surface area contributed by atoms with Gasteiger partial charge in [0.1, 0.15) is 6.61 Å². The maximum Gasteiger partial charge on any atom is 0.411 e. The molecule has 1 aliphatic heterocycles. The number of aromatic nitrogens is 2. The number of nitrogens with zero attached hydrogens (tertiary/aromatic N) is 2. The highest BCUT2D eigenvalue weighted by atomic mass is 19.4. The van der Waals surface area contributed by atoms with Gasteiger partial charge in [-0.25, -0.2) is 0 Å². The summed E-state index contributed by atoms with van der Waals surface area (Å²) < 4.78 is 45.7. The van der Waals surface area contributed by atoms with Gasteiger partial charge in [0.05, 0.1) is 12.0 Å². The van der Waals surface area contributed by atoms with Gasteiger partial charge in [-0.2, -0.15) is 18.2 Å². The Balaban J connectivity index is 1.88. The number of nitrogens with one attached hydrogen (secondary N) is 1. The fourth-order valence-corrected chi connectivity index (χ4v) is 2.55. The molecule has 1 aliphatic rings. The zero-order valence-corrected chi connectivity index (χ0v) is 12.0. The van der Waals surface area contributed by atoms with Gasteiger partial charge in [0.15, 0.2) is 5.82 Å². The molecule has 5 nitrogen and oxygen atoms in total. The highest BCUT2D eigenvalue weighted by Gasteiger charge is 2.37. The Labute approximate surface area is 121 Å². The molecule has 1 aromatic heterocycles. The lowest BCUT2D eigenvalue weighted by molar-refractivity contribution is -0.173. The molecule has 0 radical (unpaired) electrons. The molecule has 0 aliphatic carbocycles. The van der Waals surface area contributed by atoms with E-state index in [0.29, 0.717) is 11.7 Å². The van der Waals surface area contributed by atoms with Crippen molar-refractivity contribution in [3.05, 3.63) is 11.7 Å². The smallest absolute Gasteiger partial charge is 0.372 e. The molecule has 0 amide bonds. The van der Waals surface area contributed by atoms with E-state index in [0.717, 1.165) is 32.4 Å². The molecule has 0 unspecified atom stereocenters. The van der Waals surface area contributed by atoms with Crippen molar-refractivity contribution in [2.24, 2.45) is 0 Å². The molecule has 0 atom stereocenters. The Morgan fingerprint density at radius 2 is 2.05 bits per heavy atom. The van der Waals surface area contributed by atoms with E-state index in [1.807, 2.05) is 0 Å². The van der Waals surface area contributed by atoms with E-state index < -0.39 is 12.8 Å². The van der Waals surface area contributed by atoms with Gasteiger partial charge < -0.3 is 14.6 Å². The molecule has 2 rings (SSSR count). The zero-order valence-electron chi connectivity index (χ0n) is 12.0. The van der Waals surface area contributed by atoms with Crippen molar-refractivity contribution < 1.29 is 22.4 Å². The first-order valence-corrected chi connectivity index (χ1v) is 7.13. The summed E-state index contributed by atoms with van der Waals surface area (Å²) in [6.07, 6.45) is -1.33. The van der Waals surface area contributed by atoms with Crippen molar-refractivity contribution in [1.82, 2.24) is 15.5 Å². The number of hydrogen-bond donors (Lipinski definition) is 1. The second-order valence-corrected chi connectivity index (χ2v) is 5.32. The standard InChI is InChI=1S/C13H20F3N3O2/c1-2-12(4-6-17-7-5-12)11-18-10(19-21-11)3-8-20-9-13(14,15)16/h17H,2-9H2,1H3. The molecule has 2 heterocycles. The first kappa shape index (κ1) is 16.2. The van der Waals surface area contributed by atoms with Crippen LogP contribution >= 0.6 is 0 Å². The van der Waals surface area contributed by atoms with Gasteiger partial charge in [-0.3, -0.25) is 0 Å². The molecule has 21 heavy (non-hydrogen) atoms. The molecule has 1 N–H and O–H groups in total. The predicted molar refractivity (Wildman–Crippen MR) is 68.9 cm³/mol. The average molecular weight is 307 g/mol. The van der Waals surface area contributed by atoms with E-state index in [1.54, 1.807) is 0 Å². The second kappa shape index (κ2) is 6.74. The van der Waals surface area contributed by atoms with Crippen LogP contribution in [0.3, 0.4) is 0 Å². The normalized spacial score (nSPS) is 18.9. The molecule has 0 aromatic carbocycles. The summed E-state index contributed by atoms with van der Waals surface area (Å²) >= 11 is 0. The third kappa shape index (κ3) is 4.41. The highest BCUT2D eigenvalue weighted by Crippen LogP contribution is 2.35. The monoisotopic (exact) mass is 307 g/mol. The molecule has 1 fully saturated rings. The van der Waals surface area contributed by atoms with Crippen LogP contribution in [0.15, 0.2) is 4.52 Å². The zero-order chi connectivity index (χ0) is 15.3. The number of halogens is 3. The van der Waals surface area contributed by atoms with Crippen molar-refractivity contribution >= 4 is 0 Å². The summed E-state index contributed by atoms with van der Waals surface area (Å²) in [6, 6.07) is 0. The van der Waals surface area contributed by atoms with Crippen LogP contribution in [0.2, 0.25) is 0 Å². The van der Waals surface area contributed by atoms with E-state index in [-0.39, 0.29) is 18.4 Å². The van der Waals surface area contributed by atoms with Gasteiger partial charge in [0.25, 0.3) is 0 Å². The number of ether oxygens (including phenoxy) is 1. The predicted octanol–water partition coefficient (Wildman–Crippen LogP) is 2.22. The molecular formula is C13H20F3N3O2. The third-order valence-corrected chi connectivity index (χ3v) is 3.89. The Bertz CT molecular complexity index is 442. The van der Waals surface area contributed by atoms with E-state index >= 15 is 0 Å². The number of hydrogen-bond acceptors (Lipinski definition) is 5. The number of alkyl halides is 3. The molecule has 1 aromatic rings. The molecule has 0 saturated carbocycles. The molecule has 0 spiro atoms. The largest absolute Gasteiger partial charge is 0.411 e. The van der Waals surface area contributed by atoms with Gasteiger partial charge in [-0.1, -0.05) is 12.1 Å². The Hall–Kier alpha value is -1.15. The van der Waals surface area contributed by atoms with Crippen LogP contribution in [-0.2, 0) is 16.6 Å². The van der Waals surface area contributed by atoms with Crippen molar-refractivity contribution in [2.75, 3.05) is 26.3 Å². The summed E-state index contributed by atoms with van der Waals surface area (Å²) in [5.74, 6) is 0.996. The maximum atomic E-state index is 11.9. The Morgan fingerprint density at radius 1 is 1.33 bits per heavy atom. The van der Waals surface area contributed by atoms with Crippen molar-refractivity contribution in [3.8, 4) is 0 Å². The Morgan fingerprint density at radius 3 is 2.67 bits per heavy atom. The second-order valence-electron chi connectivity index (χ2n) is 5.32. The minimum absolute atomic E-state index is 0.0703. The van der Waals surface area contributed by atoms with E-state index in [2.05, 4.69) is 27.1 Å². The van der Waals surface area contributed by atoms with E-state index in [1.165, 1.54) is 0 Å². The van der Waals surface area contributed by atoms with Crippen LogP contribution in [-0.4, -0.2) is 42.6 Å². The molecule has 1 saturated heterocycles. The van der Waals surface area contributed by atoms with Gasteiger partial charge in [-0.05, 0) is 32.4 Å². The summed E-state index contributed by atoms with van der Waals surface area (Å²) in [5, 5.41) is 7.14.